The minimum Gasteiger partial charge on any atom is -0.661 e. The molecule has 0 aliphatic carbocycles. The second-order valence-electron chi connectivity index (χ2n) is 1.96. The molecule has 0 unspecified atom stereocenters. The molecule has 1 aromatic carbocycles. The molecule has 54 valence electrons. The first kappa shape index (κ1) is 9.87. The Hall–Kier alpha value is -0.132. The van der Waals surface area contributed by atoms with Crippen molar-refractivity contribution < 1.29 is 21.1 Å². The molecule has 0 N–H and O–H groups in total. The molecule has 0 fully saturated rings. The average Bonchev–Trinajstić information content (AvgIpc) is 1.91. The van der Waals surface area contributed by atoms with E-state index in [-0.39, 0.29) is 21.1 Å². The molecule has 1 nitrogen and oxygen atoms in total. The molecule has 0 aromatic heterocycles. The summed E-state index contributed by atoms with van der Waals surface area (Å²) in [5, 5.41) is 4.01. The third kappa shape index (κ3) is 3.14. The molecule has 0 heterocycles. The van der Waals surface area contributed by atoms with Crippen LogP contribution < -0.4 is 0 Å². The van der Waals surface area contributed by atoms with Gasteiger partial charge in [-0.3, -0.25) is 0 Å². The van der Waals surface area contributed by atoms with Crippen LogP contribution >= 0.6 is 0 Å². The van der Waals surface area contributed by atoms with E-state index in [1.54, 1.807) is 0 Å². The van der Waals surface area contributed by atoms with Crippen molar-refractivity contribution in [3.8, 4) is 0 Å². The van der Waals surface area contributed by atoms with Crippen molar-refractivity contribution in [2.24, 2.45) is 0 Å². The largest absolute Gasteiger partial charge is 0.661 e. The van der Waals surface area contributed by atoms with E-state index in [2.05, 4.69) is 17.4 Å². The minimum atomic E-state index is 0. The first-order valence-corrected chi connectivity index (χ1v) is 3.03. The van der Waals surface area contributed by atoms with Crippen LogP contribution in [-0.4, -0.2) is 7.05 Å². The molecule has 0 aliphatic rings. The summed E-state index contributed by atoms with van der Waals surface area (Å²) < 4.78 is 0. The number of nitrogens with zero attached hydrogens (tertiary/aromatic N) is 1. The quantitative estimate of drug-likeness (QED) is 0.673. The van der Waals surface area contributed by atoms with Crippen LogP contribution in [0.1, 0.15) is 5.56 Å². The zero-order chi connectivity index (χ0) is 6.53. The maximum atomic E-state index is 4.01. The maximum Gasteiger partial charge on any atom is 0 e. The molecular formula is C8H10MoN-. The second kappa shape index (κ2) is 5.64. The predicted octanol–water partition coefficient (Wildman–Crippen LogP) is 2.19. The summed E-state index contributed by atoms with van der Waals surface area (Å²) in [7, 11) is 1.83. The molecule has 2 heteroatoms. The van der Waals surface area contributed by atoms with Crippen LogP contribution in [0.2, 0.25) is 0 Å². The minimum absolute atomic E-state index is 0. The molecule has 0 bridgehead atoms. The van der Waals surface area contributed by atoms with Crippen LogP contribution in [0.5, 0.6) is 0 Å². The Balaban J connectivity index is 0.000000810. The standard InChI is InChI=1S/C8H10N.Mo/c1-9-7-8-5-3-2-4-6-8;/h2-6H,7H2,1H3;/q-1;. The van der Waals surface area contributed by atoms with E-state index in [4.69, 9.17) is 0 Å². The van der Waals surface area contributed by atoms with Gasteiger partial charge >= 0.3 is 0 Å². The summed E-state index contributed by atoms with van der Waals surface area (Å²) >= 11 is 0. The summed E-state index contributed by atoms with van der Waals surface area (Å²) in [5.74, 6) is 0. The van der Waals surface area contributed by atoms with Gasteiger partial charge in [0.15, 0.2) is 0 Å². The third-order valence-corrected chi connectivity index (χ3v) is 1.18. The van der Waals surface area contributed by atoms with Gasteiger partial charge in [0.1, 0.15) is 0 Å². The summed E-state index contributed by atoms with van der Waals surface area (Å²) in [5.41, 5.74) is 1.28. The molecule has 0 radical (unpaired) electrons. The Morgan fingerprint density at radius 2 is 1.80 bits per heavy atom. The van der Waals surface area contributed by atoms with Crippen molar-refractivity contribution in [1.29, 1.82) is 0 Å². The van der Waals surface area contributed by atoms with Gasteiger partial charge in [-0.15, -0.1) is 6.54 Å². The van der Waals surface area contributed by atoms with Crippen molar-refractivity contribution in [1.82, 2.24) is 0 Å². The van der Waals surface area contributed by atoms with E-state index in [1.807, 2.05) is 25.2 Å². The Bertz CT molecular complexity index is 162. The predicted molar refractivity (Wildman–Crippen MR) is 39.4 cm³/mol. The molecule has 0 aliphatic heterocycles. The number of rotatable bonds is 2. The Morgan fingerprint density at radius 3 is 2.30 bits per heavy atom. The molecular weight excluding hydrogens is 206 g/mol. The van der Waals surface area contributed by atoms with Crippen molar-refractivity contribution in [2.75, 3.05) is 7.05 Å². The molecule has 10 heavy (non-hydrogen) atoms. The van der Waals surface area contributed by atoms with E-state index in [9.17, 15) is 0 Å². The van der Waals surface area contributed by atoms with E-state index in [1.165, 1.54) is 5.56 Å². The Kier molecular flexibility index (Phi) is 5.56. The first-order valence-electron chi connectivity index (χ1n) is 3.03. The van der Waals surface area contributed by atoms with Gasteiger partial charge in [-0.05, 0) is 0 Å². The van der Waals surface area contributed by atoms with Crippen molar-refractivity contribution in [3.05, 3.63) is 41.2 Å². The SMILES string of the molecule is C[N-]Cc1ccccc1.[Mo]. The fourth-order valence-electron chi connectivity index (χ4n) is 0.766. The molecule has 0 spiro atoms. The summed E-state index contributed by atoms with van der Waals surface area (Å²) in [6.45, 7) is 0.834. The maximum absolute atomic E-state index is 4.01. The van der Waals surface area contributed by atoms with Crippen LogP contribution in [0.15, 0.2) is 30.3 Å². The zero-order valence-corrected chi connectivity index (χ0v) is 7.96. The van der Waals surface area contributed by atoms with Crippen molar-refractivity contribution >= 4 is 0 Å². The fraction of sp³-hybridized carbons (Fsp3) is 0.250. The van der Waals surface area contributed by atoms with Gasteiger partial charge in [0.2, 0.25) is 0 Å². The first-order chi connectivity index (χ1) is 4.43. The monoisotopic (exact) mass is 218 g/mol. The van der Waals surface area contributed by atoms with Crippen molar-refractivity contribution in [2.45, 2.75) is 6.54 Å². The van der Waals surface area contributed by atoms with Crippen molar-refractivity contribution in [3.63, 3.8) is 0 Å². The normalized spacial score (nSPS) is 8.50. The van der Waals surface area contributed by atoms with Crippen LogP contribution in [0, 0.1) is 0 Å². The second-order valence-corrected chi connectivity index (χ2v) is 1.96. The molecule has 0 saturated heterocycles. The topological polar surface area (TPSA) is 14.1 Å². The van der Waals surface area contributed by atoms with E-state index < -0.39 is 0 Å². The molecule has 1 aromatic rings. The van der Waals surface area contributed by atoms with Gasteiger partial charge in [0, 0.05) is 21.1 Å². The van der Waals surface area contributed by atoms with Gasteiger partial charge in [-0.2, -0.15) is 7.05 Å². The molecule has 0 amide bonds. The Labute approximate surface area is 76.1 Å². The summed E-state index contributed by atoms with van der Waals surface area (Å²) in [4.78, 5) is 0. The fourth-order valence-corrected chi connectivity index (χ4v) is 0.766. The van der Waals surface area contributed by atoms with Gasteiger partial charge in [-0.25, -0.2) is 0 Å². The van der Waals surface area contributed by atoms with Crippen LogP contribution in [-0.2, 0) is 27.6 Å². The van der Waals surface area contributed by atoms with Gasteiger partial charge < -0.3 is 5.32 Å². The molecule has 0 saturated carbocycles. The summed E-state index contributed by atoms with van der Waals surface area (Å²) in [6, 6.07) is 10.2. The van der Waals surface area contributed by atoms with Crippen LogP contribution in [0.4, 0.5) is 0 Å². The molecule has 0 atom stereocenters. The number of hydrogen-bond acceptors (Lipinski definition) is 0. The van der Waals surface area contributed by atoms with Gasteiger partial charge in [0.05, 0.1) is 0 Å². The number of benzene rings is 1. The third-order valence-electron chi connectivity index (χ3n) is 1.18. The Morgan fingerprint density at radius 1 is 1.20 bits per heavy atom. The smallest absolute Gasteiger partial charge is 0 e. The summed E-state index contributed by atoms with van der Waals surface area (Å²) in [6.07, 6.45) is 0. The van der Waals surface area contributed by atoms with E-state index >= 15 is 0 Å². The zero-order valence-electron chi connectivity index (χ0n) is 5.95. The van der Waals surface area contributed by atoms with Crippen LogP contribution in [0.25, 0.3) is 5.32 Å². The number of hydrogen-bond donors (Lipinski definition) is 0. The van der Waals surface area contributed by atoms with Crippen LogP contribution in [0.3, 0.4) is 0 Å². The average molecular weight is 216 g/mol. The van der Waals surface area contributed by atoms with E-state index in [0.29, 0.717) is 0 Å². The van der Waals surface area contributed by atoms with Gasteiger partial charge in [0.25, 0.3) is 0 Å². The van der Waals surface area contributed by atoms with Gasteiger partial charge in [-0.1, -0.05) is 35.9 Å². The van der Waals surface area contributed by atoms with E-state index in [0.717, 1.165) is 6.54 Å². The molecule has 1 rings (SSSR count).